The summed E-state index contributed by atoms with van der Waals surface area (Å²) in [7, 11) is 3.38. The minimum Gasteiger partial charge on any atom is -0.497 e. The highest BCUT2D eigenvalue weighted by Gasteiger charge is 2.08. The average molecular weight is 266 g/mol. The van der Waals surface area contributed by atoms with Gasteiger partial charge in [-0.2, -0.15) is 0 Å². The van der Waals surface area contributed by atoms with E-state index in [2.05, 4.69) is 30.5 Å². The van der Waals surface area contributed by atoms with Gasteiger partial charge in [-0.25, -0.2) is 0 Å². The second-order valence-corrected chi connectivity index (χ2v) is 4.48. The molecular weight excluding hydrogens is 240 g/mol. The van der Waals surface area contributed by atoms with E-state index < -0.39 is 0 Å². The third kappa shape index (κ3) is 5.09. The van der Waals surface area contributed by atoms with Crippen molar-refractivity contribution in [1.82, 2.24) is 10.6 Å². The van der Waals surface area contributed by atoms with Gasteiger partial charge in [0.2, 0.25) is 0 Å². The van der Waals surface area contributed by atoms with Crippen LogP contribution in [0.15, 0.2) is 12.1 Å². The van der Waals surface area contributed by atoms with E-state index in [0.29, 0.717) is 0 Å². The zero-order valence-corrected chi connectivity index (χ0v) is 12.5. The molecule has 0 spiro atoms. The van der Waals surface area contributed by atoms with E-state index in [4.69, 9.17) is 9.47 Å². The summed E-state index contributed by atoms with van der Waals surface area (Å²) < 4.78 is 10.7. The van der Waals surface area contributed by atoms with Gasteiger partial charge in [0.25, 0.3) is 0 Å². The Kier molecular flexibility index (Phi) is 7.30. The standard InChI is InChI=1S/C15H26N2O2/c1-5-16-8-9-17-7-6-14-12(2)10-13(18-3)11-15(14)19-4/h10-11,16-17H,5-9H2,1-4H3. The molecule has 0 aliphatic carbocycles. The second-order valence-electron chi connectivity index (χ2n) is 4.48. The Balaban J connectivity index is 2.52. The molecule has 0 aliphatic rings. The zero-order valence-electron chi connectivity index (χ0n) is 12.5. The van der Waals surface area contributed by atoms with Crippen LogP contribution in [0.1, 0.15) is 18.1 Å². The lowest BCUT2D eigenvalue weighted by Gasteiger charge is -2.14. The molecule has 0 unspecified atom stereocenters. The van der Waals surface area contributed by atoms with Crippen LogP contribution in [0, 0.1) is 6.92 Å². The molecule has 0 aliphatic heterocycles. The molecular formula is C15H26N2O2. The molecule has 0 bridgehead atoms. The SMILES string of the molecule is CCNCCNCCc1c(C)cc(OC)cc1OC. The fourth-order valence-corrected chi connectivity index (χ4v) is 2.07. The van der Waals surface area contributed by atoms with Gasteiger partial charge in [-0.3, -0.25) is 0 Å². The first-order valence-corrected chi connectivity index (χ1v) is 6.85. The van der Waals surface area contributed by atoms with Crippen LogP contribution in [-0.2, 0) is 6.42 Å². The molecule has 108 valence electrons. The second kappa shape index (κ2) is 8.77. The monoisotopic (exact) mass is 266 g/mol. The molecule has 4 nitrogen and oxygen atoms in total. The van der Waals surface area contributed by atoms with Gasteiger partial charge in [0.05, 0.1) is 14.2 Å². The van der Waals surface area contributed by atoms with Crippen molar-refractivity contribution < 1.29 is 9.47 Å². The molecule has 1 aromatic carbocycles. The van der Waals surface area contributed by atoms with Crippen molar-refractivity contribution in [2.45, 2.75) is 20.3 Å². The van der Waals surface area contributed by atoms with E-state index in [9.17, 15) is 0 Å². The molecule has 0 aromatic heterocycles. The fourth-order valence-electron chi connectivity index (χ4n) is 2.07. The van der Waals surface area contributed by atoms with Gasteiger partial charge in [0.15, 0.2) is 0 Å². The summed E-state index contributed by atoms with van der Waals surface area (Å²) in [6.07, 6.45) is 0.963. The molecule has 0 saturated heterocycles. The van der Waals surface area contributed by atoms with E-state index in [1.807, 2.05) is 6.07 Å². The lowest BCUT2D eigenvalue weighted by atomic mass is 10.0. The number of aryl methyl sites for hydroxylation is 1. The summed E-state index contributed by atoms with van der Waals surface area (Å²) in [5.41, 5.74) is 2.46. The van der Waals surface area contributed by atoms with Gasteiger partial charge in [-0.05, 0) is 43.6 Å². The van der Waals surface area contributed by atoms with E-state index in [1.165, 1.54) is 11.1 Å². The maximum Gasteiger partial charge on any atom is 0.126 e. The van der Waals surface area contributed by atoms with Crippen LogP contribution in [-0.4, -0.2) is 40.4 Å². The zero-order chi connectivity index (χ0) is 14.1. The minimum atomic E-state index is 0.846. The number of nitrogens with one attached hydrogen (secondary N) is 2. The van der Waals surface area contributed by atoms with Crippen LogP contribution in [0.4, 0.5) is 0 Å². The Morgan fingerprint density at radius 1 is 1.00 bits per heavy atom. The third-order valence-electron chi connectivity index (χ3n) is 3.14. The first-order chi connectivity index (χ1) is 9.22. The molecule has 0 amide bonds. The lowest BCUT2D eigenvalue weighted by molar-refractivity contribution is 0.390. The van der Waals surface area contributed by atoms with E-state index in [0.717, 1.165) is 44.1 Å². The number of ether oxygens (including phenoxy) is 2. The maximum absolute atomic E-state index is 5.44. The van der Waals surface area contributed by atoms with Gasteiger partial charge in [0, 0.05) is 19.2 Å². The summed E-state index contributed by atoms with van der Waals surface area (Å²) in [5, 5.41) is 6.72. The molecule has 19 heavy (non-hydrogen) atoms. The normalized spacial score (nSPS) is 10.5. The lowest BCUT2D eigenvalue weighted by Crippen LogP contribution is -2.28. The van der Waals surface area contributed by atoms with Crippen LogP contribution in [0.5, 0.6) is 11.5 Å². The number of methoxy groups -OCH3 is 2. The maximum atomic E-state index is 5.44. The van der Waals surface area contributed by atoms with Crippen molar-refractivity contribution in [3.05, 3.63) is 23.3 Å². The van der Waals surface area contributed by atoms with Crippen LogP contribution in [0.3, 0.4) is 0 Å². The molecule has 0 heterocycles. The number of hydrogen-bond donors (Lipinski definition) is 2. The average Bonchev–Trinajstić information content (AvgIpc) is 2.43. The molecule has 0 radical (unpaired) electrons. The van der Waals surface area contributed by atoms with Crippen molar-refractivity contribution in [3.8, 4) is 11.5 Å². The summed E-state index contributed by atoms with van der Waals surface area (Å²) in [4.78, 5) is 0. The molecule has 0 saturated carbocycles. The Hall–Kier alpha value is -1.26. The highest BCUT2D eigenvalue weighted by molar-refractivity contribution is 5.46. The van der Waals surface area contributed by atoms with E-state index in [1.54, 1.807) is 14.2 Å². The minimum absolute atomic E-state index is 0.846. The molecule has 0 fully saturated rings. The topological polar surface area (TPSA) is 42.5 Å². The van der Waals surface area contributed by atoms with Crippen molar-refractivity contribution >= 4 is 0 Å². The van der Waals surface area contributed by atoms with Gasteiger partial charge < -0.3 is 20.1 Å². The number of benzene rings is 1. The number of hydrogen-bond acceptors (Lipinski definition) is 4. The Labute approximate surface area is 116 Å². The van der Waals surface area contributed by atoms with Crippen molar-refractivity contribution in [2.75, 3.05) is 40.4 Å². The van der Waals surface area contributed by atoms with Crippen LogP contribution in [0.25, 0.3) is 0 Å². The quantitative estimate of drug-likeness (QED) is 0.668. The highest BCUT2D eigenvalue weighted by Crippen LogP contribution is 2.28. The predicted octanol–water partition coefficient (Wildman–Crippen LogP) is 1.75. The molecule has 1 rings (SSSR count). The van der Waals surface area contributed by atoms with Crippen molar-refractivity contribution in [2.24, 2.45) is 0 Å². The molecule has 2 N–H and O–H groups in total. The predicted molar refractivity (Wildman–Crippen MR) is 79.4 cm³/mol. The first-order valence-electron chi connectivity index (χ1n) is 6.85. The van der Waals surface area contributed by atoms with E-state index in [-0.39, 0.29) is 0 Å². The Morgan fingerprint density at radius 2 is 1.74 bits per heavy atom. The third-order valence-corrected chi connectivity index (χ3v) is 3.14. The van der Waals surface area contributed by atoms with Crippen LogP contribution < -0.4 is 20.1 Å². The Morgan fingerprint density at radius 3 is 2.37 bits per heavy atom. The summed E-state index contributed by atoms with van der Waals surface area (Å²) >= 11 is 0. The highest BCUT2D eigenvalue weighted by atomic mass is 16.5. The van der Waals surface area contributed by atoms with E-state index >= 15 is 0 Å². The van der Waals surface area contributed by atoms with Crippen LogP contribution in [0.2, 0.25) is 0 Å². The first kappa shape index (κ1) is 15.8. The number of rotatable bonds is 9. The summed E-state index contributed by atoms with van der Waals surface area (Å²) in [6.45, 7) is 8.19. The number of likely N-dealkylation sites (N-methyl/N-ethyl adjacent to an activating group) is 1. The fraction of sp³-hybridized carbons (Fsp3) is 0.600. The summed E-state index contributed by atoms with van der Waals surface area (Å²) in [5.74, 6) is 1.75. The van der Waals surface area contributed by atoms with Gasteiger partial charge in [-0.15, -0.1) is 0 Å². The molecule has 0 atom stereocenters. The molecule has 1 aromatic rings. The van der Waals surface area contributed by atoms with Gasteiger partial charge in [-0.1, -0.05) is 6.92 Å². The molecule has 4 heteroatoms. The smallest absolute Gasteiger partial charge is 0.126 e. The van der Waals surface area contributed by atoms with Crippen LogP contribution >= 0.6 is 0 Å². The van der Waals surface area contributed by atoms with Crippen molar-refractivity contribution in [1.29, 1.82) is 0 Å². The largest absolute Gasteiger partial charge is 0.497 e. The Bertz CT molecular complexity index is 381. The van der Waals surface area contributed by atoms with Crippen molar-refractivity contribution in [3.63, 3.8) is 0 Å². The van der Waals surface area contributed by atoms with Gasteiger partial charge >= 0.3 is 0 Å². The van der Waals surface area contributed by atoms with Gasteiger partial charge in [0.1, 0.15) is 11.5 Å². The summed E-state index contributed by atoms with van der Waals surface area (Å²) in [6, 6.07) is 4.00.